The Hall–Kier alpha value is -1.49. The van der Waals surface area contributed by atoms with E-state index in [1.165, 1.54) is 12.8 Å². The molecule has 1 saturated heterocycles. The van der Waals surface area contributed by atoms with Gasteiger partial charge in [0.1, 0.15) is 5.82 Å². The van der Waals surface area contributed by atoms with Crippen LogP contribution in [0.5, 0.6) is 0 Å². The van der Waals surface area contributed by atoms with Gasteiger partial charge in [0, 0.05) is 38.2 Å². The maximum Gasteiger partial charge on any atom is 0.223 e. The average molecular weight is 345 g/mol. The molecule has 1 N–H and O–H groups in total. The van der Waals surface area contributed by atoms with Crippen LogP contribution in [0, 0.1) is 17.8 Å². The molecule has 1 aliphatic heterocycles. The highest BCUT2D eigenvalue weighted by Crippen LogP contribution is 2.28. The Morgan fingerprint density at radius 2 is 2.08 bits per heavy atom. The number of aryl methyl sites for hydroxylation is 1. The van der Waals surface area contributed by atoms with Crippen LogP contribution in [0.2, 0.25) is 0 Å². The van der Waals surface area contributed by atoms with E-state index >= 15 is 0 Å². The lowest BCUT2D eigenvalue weighted by Crippen LogP contribution is -2.36. The third-order valence-electron chi connectivity index (χ3n) is 5.79. The summed E-state index contributed by atoms with van der Waals surface area (Å²) >= 11 is 0. The fourth-order valence-electron chi connectivity index (χ4n) is 4.06. The predicted molar refractivity (Wildman–Crippen MR) is 98.9 cm³/mol. The molecule has 0 unspecified atom stereocenters. The molecule has 138 valence electrons. The van der Waals surface area contributed by atoms with Crippen LogP contribution in [0.1, 0.15) is 57.5 Å². The van der Waals surface area contributed by atoms with E-state index in [2.05, 4.69) is 34.0 Å². The molecule has 0 spiro atoms. The minimum atomic E-state index is 0.252. The highest BCUT2D eigenvalue weighted by molar-refractivity contribution is 5.78. The lowest BCUT2D eigenvalue weighted by Gasteiger charge is -2.25. The molecule has 1 aliphatic carbocycles. The molecule has 1 aromatic heterocycles. The molecule has 1 atom stereocenters. The van der Waals surface area contributed by atoms with E-state index < -0.39 is 0 Å². The Kier molecular flexibility index (Phi) is 6.40. The van der Waals surface area contributed by atoms with Gasteiger partial charge in [-0.3, -0.25) is 9.69 Å². The van der Waals surface area contributed by atoms with Crippen LogP contribution in [0.4, 0.5) is 0 Å². The number of likely N-dealkylation sites (tertiary alicyclic amines) is 1. The monoisotopic (exact) mass is 344 g/mol. The Morgan fingerprint density at radius 3 is 2.84 bits per heavy atom. The van der Waals surface area contributed by atoms with E-state index in [0.717, 1.165) is 69.3 Å². The van der Waals surface area contributed by atoms with Gasteiger partial charge in [0.2, 0.25) is 5.91 Å². The van der Waals surface area contributed by atoms with Crippen molar-refractivity contribution >= 4 is 5.91 Å². The first-order valence-corrected chi connectivity index (χ1v) is 9.95. The van der Waals surface area contributed by atoms with Gasteiger partial charge in [0.25, 0.3) is 0 Å². The number of aromatic nitrogens is 2. The first-order valence-electron chi connectivity index (χ1n) is 9.95. The molecule has 2 fully saturated rings. The summed E-state index contributed by atoms with van der Waals surface area (Å²) < 4.78 is 0. The third-order valence-corrected chi connectivity index (χ3v) is 5.79. The van der Waals surface area contributed by atoms with Gasteiger partial charge in [-0.25, -0.2) is 9.97 Å². The van der Waals surface area contributed by atoms with Crippen molar-refractivity contribution in [3.63, 3.8) is 0 Å². The molecular weight excluding hydrogens is 312 g/mol. The zero-order valence-electron chi connectivity index (χ0n) is 15.7. The van der Waals surface area contributed by atoms with Crippen LogP contribution in [-0.4, -0.2) is 40.4 Å². The van der Waals surface area contributed by atoms with Crippen molar-refractivity contribution in [3.8, 4) is 0 Å². The zero-order chi connectivity index (χ0) is 17.6. The van der Waals surface area contributed by atoms with E-state index in [0.29, 0.717) is 5.92 Å². The zero-order valence-corrected chi connectivity index (χ0v) is 15.7. The second-order valence-electron chi connectivity index (χ2n) is 7.91. The highest BCUT2D eigenvalue weighted by atomic mass is 16.1. The van der Waals surface area contributed by atoms with Crippen molar-refractivity contribution in [2.45, 2.75) is 58.9 Å². The summed E-state index contributed by atoms with van der Waals surface area (Å²) in [7, 11) is 0. The van der Waals surface area contributed by atoms with E-state index in [1.54, 1.807) is 0 Å². The van der Waals surface area contributed by atoms with Gasteiger partial charge in [-0.15, -0.1) is 0 Å². The predicted octanol–water partition coefficient (Wildman–Crippen LogP) is 2.80. The van der Waals surface area contributed by atoms with E-state index in [1.807, 2.05) is 12.3 Å². The number of rotatable bonds is 6. The normalized spacial score (nSPS) is 27.4. The van der Waals surface area contributed by atoms with Crippen LogP contribution in [-0.2, 0) is 17.8 Å². The van der Waals surface area contributed by atoms with Gasteiger partial charge < -0.3 is 5.32 Å². The summed E-state index contributed by atoms with van der Waals surface area (Å²) in [6.45, 7) is 8.23. The van der Waals surface area contributed by atoms with E-state index in [4.69, 9.17) is 0 Å². The number of hydrogen-bond donors (Lipinski definition) is 1. The quantitative estimate of drug-likeness (QED) is 0.862. The van der Waals surface area contributed by atoms with E-state index in [9.17, 15) is 4.79 Å². The van der Waals surface area contributed by atoms with Gasteiger partial charge in [0.15, 0.2) is 0 Å². The third kappa shape index (κ3) is 5.24. The van der Waals surface area contributed by atoms with Crippen molar-refractivity contribution in [3.05, 3.63) is 23.8 Å². The van der Waals surface area contributed by atoms with Crippen LogP contribution in [0.15, 0.2) is 12.3 Å². The van der Waals surface area contributed by atoms with Crippen LogP contribution >= 0.6 is 0 Å². The molecule has 5 heteroatoms. The molecule has 2 heterocycles. The van der Waals surface area contributed by atoms with Crippen molar-refractivity contribution < 1.29 is 4.79 Å². The van der Waals surface area contributed by atoms with Crippen LogP contribution < -0.4 is 5.32 Å². The van der Waals surface area contributed by atoms with Gasteiger partial charge in [-0.2, -0.15) is 0 Å². The number of carbonyl (C=O) groups is 1. The molecule has 1 saturated carbocycles. The SMILES string of the molecule is CCc1nccc(CN2CC[C@H](CNC(=O)C3CCC(C)CC3)C2)n1. The molecule has 0 bridgehead atoms. The lowest BCUT2D eigenvalue weighted by molar-refractivity contribution is -0.126. The average Bonchev–Trinajstić information content (AvgIpc) is 3.08. The summed E-state index contributed by atoms with van der Waals surface area (Å²) in [5.74, 6) is 2.82. The molecule has 3 rings (SSSR count). The van der Waals surface area contributed by atoms with Crippen molar-refractivity contribution in [1.29, 1.82) is 0 Å². The molecule has 2 aliphatic rings. The van der Waals surface area contributed by atoms with Gasteiger partial charge in [0.05, 0.1) is 5.69 Å². The number of amides is 1. The fourth-order valence-corrected chi connectivity index (χ4v) is 4.06. The van der Waals surface area contributed by atoms with Crippen LogP contribution in [0.3, 0.4) is 0 Å². The van der Waals surface area contributed by atoms with Crippen molar-refractivity contribution in [2.75, 3.05) is 19.6 Å². The first kappa shape index (κ1) is 18.3. The Labute approximate surface area is 151 Å². The van der Waals surface area contributed by atoms with Crippen LogP contribution in [0.25, 0.3) is 0 Å². The van der Waals surface area contributed by atoms with Crippen molar-refractivity contribution in [1.82, 2.24) is 20.2 Å². The van der Waals surface area contributed by atoms with Gasteiger partial charge in [-0.1, -0.05) is 13.8 Å². The molecule has 5 nitrogen and oxygen atoms in total. The first-order chi connectivity index (χ1) is 12.1. The Bertz CT molecular complexity index is 569. The minimum Gasteiger partial charge on any atom is -0.356 e. The smallest absolute Gasteiger partial charge is 0.223 e. The molecule has 25 heavy (non-hydrogen) atoms. The standard InChI is InChI=1S/C20H32N4O/c1-3-19-21-10-8-18(23-19)14-24-11-9-16(13-24)12-22-20(25)17-6-4-15(2)5-7-17/h8,10,15-17H,3-7,9,11-14H2,1-2H3,(H,22,25)/t15?,16-,17?/m1/s1. The second kappa shape index (κ2) is 8.75. The summed E-state index contributed by atoms with van der Waals surface area (Å²) in [6.07, 6.45) is 8.44. The summed E-state index contributed by atoms with van der Waals surface area (Å²) in [5.41, 5.74) is 1.10. The fraction of sp³-hybridized carbons (Fsp3) is 0.750. The van der Waals surface area contributed by atoms with Gasteiger partial charge in [-0.05, 0) is 56.6 Å². The van der Waals surface area contributed by atoms with Gasteiger partial charge >= 0.3 is 0 Å². The molecule has 0 radical (unpaired) electrons. The molecule has 1 aromatic rings. The lowest BCUT2D eigenvalue weighted by atomic mass is 9.82. The topological polar surface area (TPSA) is 58.1 Å². The number of nitrogens with zero attached hydrogens (tertiary/aromatic N) is 3. The Balaban J connectivity index is 1.40. The number of hydrogen-bond acceptors (Lipinski definition) is 4. The van der Waals surface area contributed by atoms with E-state index in [-0.39, 0.29) is 11.8 Å². The molecule has 1 amide bonds. The minimum absolute atomic E-state index is 0.252. The maximum atomic E-state index is 12.4. The number of nitrogens with one attached hydrogen (secondary N) is 1. The summed E-state index contributed by atoms with van der Waals surface area (Å²) in [4.78, 5) is 23.7. The molecule has 0 aromatic carbocycles. The Morgan fingerprint density at radius 1 is 1.28 bits per heavy atom. The largest absolute Gasteiger partial charge is 0.356 e. The summed E-state index contributed by atoms with van der Waals surface area (Å²) in [5, 5.41) is 3.22. The summed E-state index contributed by atoms with van der Waals surface area (Å²) in [6, 6.07) is 2.01. The van der Waals surface area contributed by atoms with Crippen molar-refractivity contribution in [2.24, 2.45) is 17.8 Å². The highest BCUT2D eigenvalue weighted by Gasteiger charge is 2.27. The molecular formula is C20H32N4O. The maximum absolute atomic E-state index is 12.4. The second-order valence-corrected chi connectivity index (χ2v) is 7.91. The number of carbonyl (C=O) groups excluding carboxylic acids is 1.